The van der Waals surface area contributed by atoms with Gasteiger partial charge in [-0.25, -0.2) is 4.79 Å². The van der Waals surface area contributed by atoms with Crippen LogP contribution in [0, 0.1) is 5.92 Å². The summed E-state index contributed by atoms with van der Waals surface area (Å²) >= 11 is 0. The van der Waals surface area contributed by atoms with E-state index in [9.17, 15) is 9.59 Å². The molecular formula is C19H25NO6. The Morgan fingerprint density at radius 1 is 1.12 bits per heavy atom. The summed E-state index contributed by atoms with van der Waals surface area (Å²) < 4.78 is 20.7. The lowest BCUT2D eigenvalue weighted by Gasteiger charge is -2.12. The second-order valence-corrected chi connectivity index (χ2v) is 6.08. The summed E-state index contributed by atoms with van der Waals surface area (Å²) in [6.45, 7) is 1.66. The molecule has 0 spiro atoms. The van der Waals surface area contributed by atoms with Crippen molar-refractivity contribution >= 4 is 18.0 Å². The molecule has 1 aliphatic carbocycles. The molecule has 7 nitrogen and oxygen atoms in total. The third-order valence-corrected chi connectivity index (χ3v) is 4.20. The van der Waals surface area contributed by atoms with Gasteiger partial charge in [-0.1, -0.05) is 0 Å². The van der Waals surface area contributed by atoms with Gasteiger partial charge in [-0.2, -0.15) is 0 Å². The molecular weight excluding hydrogens is 338 g/mol. The highest BCUT2D eigenvalue weighted by atomic mass is 16.5. The quantitative estimate of drug-likeness (QED) is 0.535. The minimum atomic E-state index is -0.615. The number of methoxy groups -OCH3 is 3. The molecule has 1 amide bonds. The van der Waals surface area contributed by atoms with Gasteiger partial charge in [0, 0.05) is 23.7 Å². The van der Waals surface area contributed by atoms with Crippen molar-refractivity contribution in [2.45, 2.75) is 25.8 Å². The van der Waals surface area contributed by atoms with E-state index in [2.05, 4.69) is 5.32 Å². The molecule has 0 heterocycles. The number of hydrogen-bond acceptors (Lipinski definition) is 6. The fourth-order valence-corrected chi connectivity index (χ4v) is 2.54. The second-order valence-electron chi connectivity index (χ2n) is 6.08. The van der Waals surface area contributed by atoms with Crippen LogP contribution in [0.2, 0.25) is 0 Å². The average Bonchev–Trinajstić information content (AvgIpc) is 3.49. The van der Waals surface area contributed by atoms with Gasteiger partial charge >= 0.3 is 5.97 Å². The SMILES string of the molecule is COc1cc(OC)c(OC)cc1/C=C/C(=O)OCC(=O)N[C@H](C)C1CC1. The third-order valence-electron chi connectivity index (χ3n) is 4.20. The van der Waals surface area contributed by atoms with E-state index in [0.717, 1.165) is 12.8 Å². The fourth-order valence-electron chi connectivity index (χ4n) is 2.54. The number of amides is 1. The van der Waals surface area contributed by atoms with Crippen LogP contribution in [-0.4, -0.2) is 45.9 Å². The monoisotopic (exact) mass is 363 g/mol. The first-order valence-electron chi connectivity index (χ1n) is 8.42. The van der Waals surface area contributed by atoms with Crippen LogP contribution in [0.5, 0.6) is 17.2 Å². The molecule has 1 fully saturated rings. The molecule has 0 saturated heterocycles. The maximum Gasteiger partial charge on any atom is 0.331 e. The summed E-state index contributed by atoms with van der Waals surface area (Å²) in [5.41, 5.74) is 0.619. The van der Waals surface area contributed by atoms with Gasteiger partial charge in [0.05, 0.1) is 21.3 Å². The highest BCUT2D eigenvalue weighted by molar-refractivity contribution is 5.90. The van der Waals surface area contributed by atoms with E-state index in [1.165, 1.54) is 33.5 Å². The molecule has 7 heteroatoms. The number of benzene rings is 1. The van der Waals surface area contributed by atoms with Gasteiger partial charge in [0.15, 0.2) is 18.1 Å². The molecule has 0 unspecified atom stereocenters. The zero-order valence-corrected chi connectivity index (χ0v) is 15.5. The number of carbonyl (C=O) groups excluding carboxylic acids is 2. The molecule has 1 N–H and O–H groups in total. The van der Waals surface area contributed by atoms with E-state index in [1.54, 1.807) is 12.1 Å². The highest BCUT2D eigenvalue weighted by Gasteiger charge is 2.28. The molecule has 0 aliphatic heterocycles. The molecule has 142 valence electrons. The van der Waals surface area contributed by atoms with Crippen LogP contribution in [0.4, 0.5) is 0 Å². The number of carbonyl (C=O) groups is 2. The molecule has 0 bridgehead atoms. The topological polar surface area (TPSA) is 83.1 Å². The maximum absolute atomic E-state index is 11.8. The van der Waals surface area contributed by atoms with Crippen molar-refractivity contribution in [1.82, 2.24) is 5.32 Å². The standard InChI is InChI=1S/C19H25NO6/c1-12(13-5-6-13)20-18(21)11-26-19(22)8-7-14-9-16(24-3)17(25-4)10-15(14)23-2/h7-10,12-13H,5-6,11H2,1-4H3,(H,20,21)/b8-7+/t12-/m1/s1. The first kappa shape index (κ1) is 19.6. The Morgan fingerprint density at radius 3 is 2.31 bits per heavy atom. The van der Waals surface area contributed by atoms with Gasteiger partial charge in [0.2, 0.25) is 0 Å². The molecule has 0 aromatic heterocycles. The third kappa shape index (κ3) is 5.40. The molecule has 2 rings (SSSR count). The van der Waals surface area contributed by atoms with E-state index in [1.807, 2.05) is 6.92 Å². The van der Waals surface area contributed by atoms with E-state index < -0.39 is 5.97 Å². The summed E-state index contributed by atoms with van der Waals surface area (Å²) in [7, 11) is 4.56. The summed E-state index contributed by atoms with van der Waals surface area (Å²) in [5, 5.41) is 2.83. The number of esters is 1. The minimum Gasteiger partial charge on any atom is -0.496 e. The molecule has 1 aromatic rings. The molecule has 1 aromatic carbocycles. The molecule has 1 aliphatic rings. The largest absolute Gasteiger partial charge is 0.496 e. The van der Waals surface area contributed by atoms with Gasteiger partial charge in [-0.05, 0) is 37.8 Å². The normalized spacial score (nSPS) is 14.6. The maximum atomic E-state index is 11.8. The lowest BCUT2D eigenvalue weighted by Crippen LogP contribution is -2.36. The van der Waals surface area contributed by atoms with Crippen LogP contribution in [0.1, 0.15) is 25.3 Å². The Kier molecular flexibility index (Phi) is 6.89. The number of hydrogen-bond donors (Lipinski definition) is 1. The van der Waals surface area contributed by atoms with E-state index in [-0.39, 0.29) is 18.6 Å². The Bertz CT molecular complexity index is 681. The van der Waals surface area contributed by atoms with Gasteiger partial charge in [0.1, 0.15) is 5.75 Å². The fraction of sp³-hybridized carbons (Fsp3) is 0.474. The summed E-state index contributed by atoms with van der Waals surface area (Å²) in [6.07, 6.45) is 5.05. The molecule has 1 atom stereocenters. The first-order valence-corrected chi connectivity index (χ1v) is 8.42. The smallest absolute Gasteiger partial charge is 0.331 e. The van der Waals surface area contributed by atoms with Crippen LogP contribution < -0.4 is 19.5 Å². The zero-order chi connectivity index (χ0) is 19.1. The molecule has 1 saturated carbocycles. The average molecular weight is 363 g/mol. The van der Waals surface area contributed by atoms with Crippen molar-refractivity contribution in [2.24, 2.45) is 5.92 Å². The van der Waals surface area contributed by atoms with Crippen LogP contribution in [0.15, 0.2) is 18.2 Å². The van der Waals surface area contributed by atoms with Gasteiger partial charge in [-0.3, -0.25) is 4.79 Å². The van der Waals surface area contributed by atoms with Crippen LogP contribution in [0.25, 0.3) is 6.08 Å². The van der Waals surface area contributed by atoms with Crippen molar-refractivity contribution in [3.63, 3.8) is 0 Å². The molecule has 26 heavy (non-hydrogen) atoms. The van der Waals surface area contributed by atoms with Crippen molar-refractivity contribution < 1.29 is 28.5 Å². The summed E-state index contributed by atoms with van der Waals surface area (Å²) in [5.74, 6) is 1.18. The van der Waals surface area contributed by atoms with Gasteiger partial charge < -0.3 is 24.3 Å². The predicted octanol–water partition coefficient (Wildman–Crippen LogP) is 2.18. The minimum absolute atomic E-state index is 0.118. The van der Waals surface area contributed by atoms with Crippen LogP contribution >= 0.6 is 0 Å². The predicted molar refractivity (Wildman–Crippen MR) is 96.4 cm³/mol. The number of ether oxygens (including phenoxy) is 4. The lowest BCUT2D eigenvalue weighted by atomic mass is 10.1. The van der Waals surface area contributed by atoms with Crippen molar-refractivity contribution in [1.29, 1.82) is 0 Å². The number of rotatable bonds is 9. The van der Waals surface area contributed by atoms with E-state index >= 15 is 0 Å². The Morgan fingerprint density at radius 2 is 1.73 bits per heavy atom. The van der Waals surface area contributed by atoms with Gasteiger partial charge in [-0.15, -0.1) is 0 Å². The van der Waals surface area contributed by atoms with Gasteiger partial charge in [0.25, 0.3) is 5.91 Å². The van der Waals surface area contributed by atoms with Crippen molar-refractivity contribution in [2.75, 3.05) is 27.9 Å². The Hall–Kier alpha value is -2.70. The molecule has 0 radical (unpaired) electrons. The second kappa shape index (κ2) is 9.12. The van der Waals surface area contributed by atoms with E-state index in [0.29, 0.717) is 28.7 Å². The summed E-state index contributed by atoms with van der Waals surface area (Å²) in [4.78, 5) is 23.6. The number of nitrogens with one attached hydrogen (secondary N) is 1. The van der Waals surface area contributed by atoms with Crippen molar-refractivity contribution in [3.05, 3.63) is 23.8 Å². The van der Waals surface area contributed by atoms with Crippen LogP contribution in [-0.2, 0) is 14.3 Å². The van der Waals surface area contributed by atoms with Crippen molar-refractivity contribution in [3.8, 4) is 17.2 Å². The highest BCUT2D eigenvalue weighted by Crippen LogP contribution is 2.35. The van der Waals surface area contributed by atoms with E-state index in [4.69, 9.17) is 18.9 Å². The Balaban J connectivity index is 1.93. The Labute approximate surface area is 153 Å². The summed E-state index contributed by atoms with van der Waals surface area (Å²) in [6, 6.07) is 3.47. The zero-order valence-electron chi connectivity index (χ0n) is 15.5. The van der Waals surface area contributed by atoms with Crippen LogP contribution in [0.3, 0.4) is 0 Å². The lowest BCUT2D eigenvalue weighted by molar-refractivity contribution is -0.144. The first-order chi connectivity index (χ1) is 12.5.